The Hall–Kier alpha value is -6.17. The van der Waals surface area contributed by atoms with Gasteiger partial charge in [0.25, 0.3) is 11.4 Å². The Kier molecular flexibility index (Phi) is 6.94. The maximum atomic E-state index is 14.3. The molecule has 0 unspecified atom stereocenters. The molecule has 0 bridgehead atoms. The van der Waals surface area contributed by atoms with Crippen molar-refractivity contribution < 1.29 is 23.8 Å². The highest BCUT2D eigenvalue weighted by Crippen LogP contribution is 2.36. The van der Waals surface area contributed by atoms with Gasteiger partial charge in [-0.05, 0) is 54.4 Å². The number of esters is 1. The molecule has 0 aliphatic heterocycles. The number of hydrogen-bond acceptors (Lipinski definition) is 9. The molecule has 0 N–H and O–H groups in total. The van der Waals surface area contributed by atoms with E-state index in [1.807, 2.05) is 31.2 Å². The molecule has 2 heterocycles. The van der Waals surface area contributed by atoms with Crippen LogP contribution in [0.1, 0.15) is 22.8 Å². The number of benzene rings is 4. The maximum Gasteiger partial charge on any atom is 0.343 e. The van der Waals surface area contributed by atoms with E-state index >= 15 is 0 Å². The molecular weight excluding hydrogens is 568 g/mol. The van der Waals surface area contributed by atoms with Crippen LogP contribution in [0.25, 0.3) is 44.7 Å². The van der Waals surface area contributed by atoms with Crippen LogP contribution in [0.3, 0.4) is 0 Å². The first-order valence-corrected chi connectivity index (χ1v) is 13.4. The minimum atomic E-state index is -0.747. The van der Waals surface area contributed by atoms with Gasteiger partial charge in [-0.1, -0.05) is 19.1 Å². The summed E-state index contributed by atoms with van der Waals surface area (Å²) in [5.41, 5.74) is 2.12. The SMILES string of the molecule is CCc1cc2c(=O)c(-c3nc4ccccc4n3C)c(-c3ccc([N+](=O)[O-])cc3)oc2cc1OC(=O)c1ccc([N+](=O)[O-])cc1. The first-order valence-electron chi connectivity index (χ1n) is 13.4. The fraction of sp³-hybridized carbons (Fsp3) is 0.0938. The monoisotopic (exact) mass is 590 g/mol. The normalized spacial score (nSPS) is 11.1. The number of para-hydroxylation sites is 2. The first-order chi connectivity index (χ1) is 21.2. The van der Waals surface area contributed by atoms with Gasteiger partial charge in [0, 0.05) is 42.9 Å². The maximum absolute atomic E-state index is 14.3. The predicted molar refractivity (Wildman–Crippen MR) is 162 cm³/mol. The van der Waals surface area contributed by atoms with E-state index in [1.165, 1.54) is 54.6 Å². The Balaban J connectivity index is 1.54. The van der Waals surface area contributed by atoms with Crippen LogP contribution in [-0.4, -0.2) is 25.4 Å². The average Bonchev–Trinajstić information content (AvgIpc) is 3.36. The number of imidazole rings is 1. The molecule has 0 radical (unpaired) electrons. The summed E-state index contributed by atoms with van der Waals surface area (Å²) in [7, 11) is 1.78. The van der Waals surface area contributed by atoms with Crippen molar-refractivity contribution in [3.8, 4) is 28.5 Å². The van der Waals surface area contributed by atoms with Gasteiger partial charge < -0.3 is 13.7 Å². The van der Waals surface area contributed by atoms with Crippen LogP contribution in [0.15, 0.2) is 94.1 Å². The van der Waals surface area contributed by atoms with E-state index in [1.54, 1.807) is 17.7 Å². The average molecular weight is 591 g/mol. The van der Waals surface area contributed by atoms with Gasteiger partial charge in [-0.2, -0.15) is 0 Å². The summed E-state index contributed by atoms with van der Waals surface area (Å²) < 4.78 is 13.8. The van der Waals surface area contributed by atoms with Gasteiger partial charge in [0.15, 0.2) is 0 Å². The molecule has 6 aromatic rings. The Bertz CT molecular complexity index is 2180. The van der Waals surface area contributed by atoms with Crippen molar-refractivity contribution in [2.45, 2.75) is 13.3 Å². The largest absolute Gasteiger partial charge is 0.455 e. The number of nitrogens with zero attached hydrogens (tertiary/aromatic N) is 4. The second-order valence-electron chi connectivity index (χ2n) is 9.93. The molecule has 218 valence electrons. The van der Waals surface area contributed by atoms with Crippen molar-refractivity contribution in [3.63, 3.8) is 0 Å². The van der Waals surface area contributed by atoms with Crippen LogP contribution in [-0.2, 0) is 13.5 Å². The topological polar surface area (TPSA) is 161 Å². The van der Waals surface area contributed by atoms with Crippen LogP contribution < -0.4 is 10.2 Å². The molecule has 6 rings (SSSR count). The number of aryl methyl sites for hydroxylation is 2. The number of rotatable bonds is 7. The van der Waals surface area contributed by atoms with Crippen molar-refractivity contribution in [3.05, 3.63) is 127 Å². The van der Waals surface area contributed by atoms with Gasteiger partial charge in [-0.25, -0.2) is 9.78 Å². The molecule has 44 heavy (non-hydrogen) atoms. The molecule has 0 atom stereocenters. The summed E-state index contributed by atoms with van der Waals surface area (Å²) in [5, 5.41) is 22.5. The number of nitro benzene ring substituents is 2. The van der Waals surface area contributed by atoms with Crippen LogP contribution in [0.5, 0.6) is 5.75 Å². The van der Waals surface area contributed by atoms with Crippen molar-refractivity contribution >= 4 is 39.3 Å². The van der Waals surface area contributed by atoms with Gasteiger partial charge in [0.1, 0.15) is 28.5 Å². The lowest BCUT2D eigenvalue weighted by atomic mass is 10.0. The van der Waals surface area contributed by atoms with Crippen molar-refractivity contribution in [1.29, 1.82) is 0 Å². The van der Waals surface area contributed by atoms with Crippen molar-refractivity contribution in [2.24, 2.45) is 7.05 Å². The molecule has 2 aromatic heterocycles. The Labute approximate surface area is 248 Å². The third-order valence-electron chi connectivity index (χ3n) is 7.32. The lowest BCUT2D eigenvalue weighted by Crippen LogP contribution is -2.13. The van der Waals surface area contributed by atoms with E-state index in [4.69, 9.17) is 14.1 Å². The second-order valence-corrected chi connectivity index (χ2v) is 9.93. The van der Waals surface area contributed by atoms with Gasteiger partial charge in [-0.15, -0.1) is 0 Å². The summed E-state index contributed by atoms with van der Waals surface area (Å²) in [5.74, 6) is -0.116. The van der Waals surface area contributed by atoms with E-state index in [0.29, 0.717) is 28.9 Å². The number of hydrogen-bond donors (Lipinski definition) is 0. The second kappa shape index (κ2) is 10.9. The fourth-order valence-electron chi connectivity index (χ4n) is 5.03. The predicted octanol–water partition coefficient (Wildman–Crippen LogP) is 6.61. The first kappa shape index (κ1) is 28.0. The molecular formula is C32H22N4O8. The number of carbonyl (C=O) groups excluding carboxylic acids is 1. The van der Waals surface area contributed by atoms with Crippen LogP contribution in [0.2, 0.25) is 0 Å². The molecule has 12 nitrogen and oxygen atoms in total. The van der Waals surface area contributed by atoms with E-state index in [0.717, 1.165) is 5.52 Å². The quantitative estimate of drug-likeness (QED) is 0.0862. The molecule has 0 saturated carbocycles. The highest BCUT2D eigenvalue weighted by molar-refractivity contribution is 5.94. The molecule has 0 spiro atoms. The fourth-order valence-corrected chi connectivity index (χ4v) is 5.03. The van der Waals surface area contributed by atoms with Crippen LogP contribution >= 0.6 is 0 Å². The minimum Gasteiger partial charge on any atom is -0.455 e. The van der Waals surface area contributed by atoms with Gasteiger partial charge in [0.2, 0.25) is 5.43 Å². The lowest BCUT2D eigenvalue weighted by molar-refractivity contribution is -0.385. The molecule has 0 amide bonds. The lowest BCUT2D eigenvalue weighted by Gasteiger charge is -2.14. The number of carbonyl (C=O) groups is 1. The summed E-state index contributed by atoms with van der Waals surface area (Å²) in [4.78, 5) is 53.1. The molecule has 12 heteroatoms. The zero-order valence-corrected chi connectivity index (χ0v) is 23.3. The third-order valence-corrected chi connectivity index (χ3v) is 7.32. The highest BCUT2D eigenvalue weighted by Gasteiger charge is 2.25. The molecule has 0 fully saturated rings. The van der Waals surface area contributed by atoms with E-state index < -0.39 is 15.8 Å². The summed E-state index contributed by atoms with van der Waals surface area (Å²) in [6.45, 7) is 1.84. The minimum absolute atomic E-state index is 0.1000. The molecule has 0 aliphatic carbocycles. The van der Waals surface area contributed by atoms with Crippen LogP contribution in [0.4, 0.5) is 11.4 Å². The molecule has 0 saturated heterocycles. The Morgan fingerprint density at radius 2 is 1.57 bits per heavy atom. The van der Waals surface area contributed by atoms with E-state index in [-0.39, 0.29) is 50.4 Å². The zero-order valence-electron chi connectivity index (χ0n) is 23.3. The highest BCUT2D eigenvalue weighted by atomic mass is 16.6. The number of non-ortho nitro benzene ring substituents is 2. The standard InChI is InChI=1S/C32H22N4O8/c1-3-18-16-23-27(17-26(18)44-32(38)20-10-14-22(15-11-20)36(41)42)43-30(19-8-12-21(13-9-19)35(39)40)28(29(23)37)31-33-24-6-4-5-7-25(24)34(31)2/h4-17H,3H2,1-2H3. The van der Waals surface area contributed by atoms with Gasteiger partial charge in [-0.3, -0.25) is 25.0 Å². The smallest absolute Gasteiger partial charge is 0.343 e. The van der Waals surface area contributed by atoms with Gasteiger partial charge >= 0.3 is 5.97 Å². The van der Waals surface area contributed by atoms with Crippen LogP contribution in [0, 0.1) is 20.2 Å². The molecule has 4 aromatic carbocycles. The Morgan fingerprint density at radius 1 is 0.932 bits per heavy atom. The number of ether oxygens (including phenoxy) is 1. The third kappa shape index (κ3) is 4.83. The summed E-state index contributed by atoms with van der Waals surface area (Å²) in [6, 6.07) is 21.1. The number of nitro groups is 2. The zero-order chi connectivity index (χ0) is 31.1. The van der Waals surface area contributed by atoms with Crippen molar-refractivity contribution in [2.75, 3.05) is 0 Å². The Morgan fingerprint density at radius 3 is 2.18 bits per heavy atom. The van der Waals surface area contributed by atoms with E-state index in [2.05, 4.69) is 0 Å². The van der Waals surface area contributed by atoms with E-state index in [9.17, 15) is 29.8 Å². The molecule has 0 aliphatic rings. The summed E-state index contributed by atoms with van der Waals surface area (Å²) >= 11 is 0. The number of aromatic nitrogens is 2. The van der Waals surface area contributed by atoms with Crippen molar-refractivity contribution in [1.82, 2.24) is 9.55 Å². The van der Waals surface area contributed by atoms with Gasteiger partial charge in [0.05, 0.1) is 31.8 Å². The number of fused-ring (bicyclic) bond motifs is 2. The summed E-state index contributed by atoms with van der Waals surface area (Å²) in [6.07, 6.45) is 0.407.